The molecule has 2 fully saturated rings. The Kier molecular flexibility index (Phi) is 6.65. The van der Waals surface area contributed by atoms with Crippen LogP contribution in [0.1, 0.15) is 47.0 Å². The van der Waals surface area contributed by atoms with Crippen molar-refractivity contribution in [2.24, 2.45) is 11.3 Å². The zero-order chi connectivity index (χ0) is 19.7. The molecular weight excluding hydrogens is 343 g/mol. The van der Waals surface area contributed by atoms with Gasteiger partial charge in [0.15, 0.2) is 0 Å². The Hall–Kier alpha value is -0.820. The van der Waals surface area contributed by atoms with Gasteiger partial charge in [-0.1, -0.05) is 27.7 Å². The lowest BCUT2D eigenvalue weighted by atomic mass is 9.72. The largest absolute Gasteiger partial charge is 0.471 e. The second-order valence-corrected chi connectivity index (χ2v) is 8.97. The van der Waals surface area contributed by atoms with Gasteiger partial charge in [0.1, 0.15) is 0 Å². The maximum Gasteiger partial charge on any atom is 0.471 e. The maximum atomic E-state index is 13.4. The van der Waals surface area contributed by atoms with Gasteiger partial charge in [0, 0.05) is 31.7 Å². The third-order valence-corrected chi connectivity index (χ3v) is 6.12. The molecule has 2 unspecified atom stereocenters. The number of carbonyl (C=O) groups excluding carboxylic acids is 1. The number of halogens is 3. The Bertz CT molecular complexity index is 481. The van der Waals surface area contributed by atoms with Crippen molar-refractivity contribution >= 4 is 5.91 Å². The van der Waals surface area contributed by atoms with E-state index in [2.05, 4.69) is 37.5 Å². The molecule has 0 spiro atoms. The van der Waals surface area contributed by atoms with E-state index in [4.69, 9.17) is 0 Å². The summed E-state index contributed by atoms with van der Waals surface area (Å²) < 4.78 is 40.3. The van der Waals surface area contributed by atoms with E-state index in [0.29, 0.717) is 19.3 Å². The lowest BCUT2D eigenvalue weighted by Crippen LogP contribution is -2.62. The van der Waals surface area contributed by atoms with E-state index in [1.54, 1.807) is 0 Å². The van der Waals surface area contributed by atoms with E-state index in [1.807, 2.05) is 7.05 Å². The minimum atomic E-state index is -4.81. The van der Waals surface area contributed by atoms with Gasteiger partial charge < -0.3 is 14.7 Å². The van der Waals surface area contributed by atoms with E-state index in [9.17, 15) is 18.0 Å². The van der Waals surface area contributed by atoms with Gasteiger partial charge in [0.2, 0.25) is 0 Å². The molecule has 0 aromatic carbocycles. The van der Waals surface area contributed by atoms with Crippen LogP contribution in [0.4, 0.5) is 13.2 Å². The predicted molar refractivity (Wildman–Crippen MR) is 96.9 cm³/mol. The number of amides is 1. The van der Waals surface area contributed by atoms with Gasteiger partial charge in [0.05, 0.1) is 0 Å². The summed E-state index contributed by atoms with van der Waals surface area (Å²) in [6.45, 7) is 12.1. The minimum absolute atomic E-state index is 0.0248. The van der Waals surface area contributed by atoms with Crippen LogP contribution >= 0.6 is 0 Å². The molecule has 0 aliphatic carbocycles. The highest BCUT2D eigenvalue weighted by molar-refractivity contribution is 5.82. The van der Waals surface area contributed by atoms with Crippen molar-refractivity contribution in [1.29, 1.82) is 0 Å². The van der Waals surface area contributed by atoms with Gasteiger partial charge in [0.25, 0.3) is 0 Å². The molecule has 2 aliphatic heterocycles. The summed E-state index contributed by atoms with van der Waals surface area (Å²) in [7, 11) is 2.00. The van der Waals surface area contributed by atoms with Crippen molar-refractivity contribution in [2.45, 2.75) is 65.2 Å². The molecule has 26 heavy (non-hydrogen) atoms. The molecule has 2 saturated heterocycles. The number of hydrogen-bond acceptors (Lipinski definition) is 3. The number of nitrogens with zero attached hydrogens (tertiary/aromatic N) is 3. The predicted octanol–water partition coefficient (Wildman–Crippen LogP) is 3.23. The molecule has 0 N–H and O–H groups in total. The molecular formula is C19H34F3N3O. The fourth-order valence-electron chi connectivity index (χ4n) is 4.53. The Morgan fingerprint density at radius 2 is 1.65 bits per heavy atom. The van der Waals surface area contributed by atoms with Crippen molar-refractivity contribution in [2.75, 3.05) is 39.8 Å². The van der Waals surface area contributed by atoms with Crippen LogP contribution in [0.3, 0.4) is 0 Å². The first-order chi connectivity index (χ1) is 11.9. The lowest BCUT2D eigenvalue weighted by Gasteiger charge is -2.51. The van der Waals surface area contributed by atoms with Crippen LogP contribution in [0.15, 0.2) is 0 Å². The number of carbonyl (C=O) groups is 1. The highest BCUT2D eigenvalue weighted by atomic mass is 19.4. The zero-order valence-electron chi connectivity index (χ0n) is 16.8. The van der Waals surface area contributed by atoms with Crippen molar-refractivity contribution in [3.05, 3.63) is 0 Å². The Labute approximate surface area is 155 Å². The fourth-order valence-corrected chi connectivity index (χ4v) is 4.53. The van der Waals surface area contributed by atoms with Gasteiger partial charge in [-0.25, -0.2) is 0 Å². The Balaban J connectivity index is 2.31. The van der Waals surface area contributed by atoms with Crippen LogP contribution in [0.25, 0.3) is 0 Å². The van der Waals surface area contributed by atoms with E-state index in [0.717, 1.165) is 32.7 Å². The molecule has 4 nitrogen and oxygen atoms in total. The highest BCUT2D eigenvalue weighted by Gasteiger charge is 2.51. The van der Waals surface area contributed by atoms with E-state index in [-0.39, 0.29) is 23.4 Å². The first kappa shape index (κ1) is 21.5. The molecule has 2 atom stereocenters. The summed E-state index contributed by atoms with van der Waals surface area (Å²) in [6, 6.07) is -0.663. The van der Waals surface area contributed by atoms with Crippen molar-refractivity contribution < 1.29 is 18.0 Å². The van der Waals surface area contributed by atoms with Crippen molar-refractivity contribution in [3.8, 4) is 0 Å². The molecule has 7 heteroatoms. The van der Waals surface area contributed by atoms with Crippen LogP contribution < -0.4 is 0 Å². The summed E-state index contributed by atoms with van der Waals surface area (Å²) in [5.74, 6) is -1.62. The smallest absolute Gasteiger partial charge is 0.328 e. The highest BCUT2D eigenvalue weighted by Crippen LogP contribution is 2.39. The van der Waals surface area contributed by atoms with E-state index < -0.39 is 12.1 Å². The number of alkyl halides is 3. The van der Waals surface area contributed by atoms with Gasteiger partial charge in [-0.3, -0.25) is 4.79 Å². The molecule has 2 heterocycles. The summed E-state index contributed by atoms with van der Waals surface area (Å²) in [5.41, 5.74) is -0.159. The van der Waals surface area contributed by atoms with Gasteiger partial charge in [-0.05, 0) is 50.7 Å². The molecule has 0 aromatic heterocycles. The van der Waals surface area contributed by atoms with Crippen LogP contribution in [0.2, 0.25) is 0 Å². The second kappa shape index (κ2) is 8.05. The molecule has 0 radical (unpaired) electrons. The molecule has 0 bridgehead atoms. The van der Waals surface area contributed by atoms with Crippen LogP contribution in [0.5, 0.6) is 0 Å². The molecule has 152 valence electrons. The Morgan fingerprint density at radius 3 is 2.12 bits per heavy atom. The standard InChI is InChI=1S/C19H34F3N3O/c1-6-24-11-7-14(8-12-24)25(17(26)19(20,21)22)16-9-10-23(5)13-15(16)18(2,3)4/h14-16H,6-13H2,1-5H3. The molecule has 0 saturated carbocycles. The fraction of sp³-hybridized carbons (Fsp3) is 0.947. The average molecular weight is 377 g/mol. The summed E-state index contributed by atoms with van der Waals surface area (Å²) >= 11 is 0. The third-order valence-electron chi connectivity index (χ3n) is 6.12. The van der Waals surface area contributed by atoms with Gasteiger partial charge >= 0.3 is 12.1 Å². The monoisotopic (exact) mass is 377 g/mol. The SMILES string of the molecule is CCN1CCC(N(C(=O)C(F)(F)F)C2CCN(C)CC2C(C)(C)C)CC1. The van der Waals surface area contributed by atoms with E-state index >= 15 is 0 Å². The summed E-state index contributed by atoms with van der Waals surface area (Å²) in [6.07, 6.45) is -2.96. The average Bonchev–Trinajstić information content (AvgIpc) is 2.55. The minimum Gasteiger partial charge on any atom is -0.328 e. The normalized spacial score (nSPS) is 27.5. The second-order valence-electron chi connectivity index (χ2n) is 8.97. The third kappa shape index (κ3) is 4.91. The van der Waals surface area contributed by atoms with Crippen LogP contribution in [0, 0.1) is 11.3 Å². The molecule has 2 rings (SSSR count). The van der Waals surface area contributed by atoms with Crippen molar-refractivity contribution in [3.63, 3.8) is 0 Å². The maximum absolute atomic E-state index is 13.4. The van der Waals surface area contributed by atoms with Gasteiger partial charge in [-0.15, -0.1) is 0 Å². The quantitative estimate of drug-likeness (QED) is 0.756. The van der Waals surface area contributed by atoms with Crippen LogP contribution in [-0.2, 0) is 4.79 Å². The topological polar surface area (TPSA) is 26.8 Å². The lowest BCUT2D eigenvalue weighted by molar-refractivity contribution is -0.195. The zero-order valence-corrected chi connectivity index (χ0v) is 16.8. The molecule has 1 amide bonds. The first-order valence-electron chi connectivity index (χ1n) is 9.75. The number of piperidine rings is 2. The number of likely N-dealkylation sites (tertiary alicyclic amines) is 2. The van der Waals surface area contributed by atoms with Crippen molar-refractivity contribution in [1.82, 2.24) is 14.7 Å². The summed E-state index contributed by atoms with van der Waals surface area (Å²) in [4.78, 5) is 18.1. The van der Waals surface area contributed by atoms with E-state index in [1.165, 1.54) is 4.90 Å². The molecule has 2 aliphatic rings. The van der Waals surface area contributed by atoms with Gasteiger partial charge in [-0.2, -0.15) is 13.2 Å². The van der Waals surface area contributed by atoms with Crippen LogP contribution in [-0.4, -0.2) is 78.6 Å². The molecule has 0 aromatic rings. The number of hydrogen-bond donors (Lipinski definition) is 0. The first-order valence-corrected chi connectivity index (χ1v) is 9.75. The Morgan fingerprint density at radius 1 is 1.08 bits per heavy atom. The number of rotatable bonds is 3. The summed E-state index contributed by atoms with van der Waals surface area (Å²) in [5, 5.41) is 0.